The van der Waals surface area contributed by atoms with Crippen molar-refractivity contribution in [2.45, 2.75) is 19.4 Å². The van der Waals surface area contributed by atoms with Crippen LogP contribution in [0, 0.1) is 6.92 Å². The Kier molecular flexibility index (Phi) is 3.49. The fourth-order valence-corrected chi connectivity index (χ4v) is 3.02. The predicted octanol–water partition coefficient (Wildman–Crippen LogP) is 2.49. The molecule has 1 aliphatic heterocycles. The van der Waals surface area contributed by atoms with Crippen molar-refractivity contribution in [3.63, 3.8) is 0 Å². The monoisotopic (exact) mass is 306 g/mol. The summed E-state index contributed by atoms with van der Waals surface area (Å²) in [6.45, 7) is 3.94. The Bertz CT molecular complexity index is 784. The second-order valence-corrected chi connectivity index (χ2v) is 5.83. The number of aryl methyl sites for hydroxylation is 1. The average molecular weight is 306 g/mol. The quantitative estimate of drug-likeness (QED) is 0.744. The Balaban J connectivity index is 1.61. The first-order chi connectivity index (χ1) is 11.3. The highest BCUT2D eigenvalue weighted by Gasteiger charge is 2.25. The average Bonchev–Trinajstić information content (AvgIpc) is 3.26. The van der Waals surface area contributed by atoms with Gasteiger partial charge in [-0.15, -0.1) is 0 Å². The van der Waals surface area contributed by atoms with Gasteiger partial charge in [-0.25, -0.2) is 15.0 Å². The molecule has 23 heavy (non-hydrogen) atoms. The predicted molar refractivity (Wildman–Crippen MR) is 88.1 cm³/mol. The van der Waals surface area contributed by atoms with Crippen LogP contribution in [-0.4, -0.2) is 37.6 Å². The van der Waals surface area contributed by atoms with Crippen LogP contribution < -0.4 is 4.90 Å². The van der Waals surface area contributed by atoms with Gasteiger partial charge in [-0.05, 0) is 25.5 Å². The summed E-state index contributed by atoms with van der Waals surface area (Å²) in [7, 11) is 0. The normalized spacial score (nSPS) is 17.6. The molecule has 0 spiro atoms. The van der Waals surface area contributed by atoms with E-state index in [2.05, 4.69) is 30.5 Å². The molecule has 0 aromatic carbocycles. The zero-order valence-electron chi connectivity index (χ0n) is 13.0. The second-order valence-electron chi connectivity index (χ2n) is 5.83. The topological polar surface area (TPSA) is 59.7 Å². The Labute approximate surface area is 134 Å². The Morgan fingerprint density at radius 1 is 1.17 bits per heavy atom. The lowest BCUT2D eigenvalue weighted by Gasteiger charge is -2.19. The molecule has 1 unspecified atom stereocenters. The molecule has 0 radical (unpaired) electrons. The van der Waals surface area contributed by atoms with Crippen LogP contribution in [0.25, 0.3) is 11.4 Å². The molecule has 1 aliphatic rings. The van der Waals surface area contributed by atoms with Crippen molar-refractivity contribution in [3.8, 4) is 11.4 Å². The van der Waals surface area contributed by atoms with Gasteiger partial charge in [0.1, 0.15) is 5.82 Å². The molecule has 0 N–H and O–H groups in total. The fraction of sp³-hybridized carbons (Fsp3) is 0.294. The van der Waals surface area contributed by atoms with E-state index in [0.29, 0.717) is 6.04 Å². The van der Waals surface area contributed by atoms with Gasteiger partial charge >= 0.3 is 0 Å². The van der Waals surface area contributed by atoms with Gasteiger partial charge in [-0.3, -0.25) is 4.98 Å². The van der Waals surface area contributed by atoms with Gasteiger partial charge in [0.2, 0.25) is 0 Å². The lowest BCUT2D eigenvalue weighted by atomic mass is 10.2. The van der Waals surface area contributed by atoms with Crippen molar-refractivity contribution < 1.29 is 0 Å². The maximum Gasteiger partial charge on any atom is 0.163 e. The van der Waals surface area contributed by atoms with Crippen LogP contribution in [0.3, 0.4) is 0 Å². The maximum absolute atomic E-state index is 4.75. The van der Waals surface area contributed by atoms with Gasteiger partial charge in [0.05, 0.1) is 12.4 Å². The number of pyridine rings is 1. The van der Waals surface area contributed by atoms with Gasteiger partial charge < -0.3 is 9.47 Å². The molecule has 3 aromatic rings. The molecular weight excluding hydrogens is 288 g/mol. The highest BCUT2D eigenvalue weighted by atomic mass is 15.3. The zero-order valence-corrected chi connectivity index (χ0v) is 13.0. The Morgan fingerprint density at radius 3 is 2.91 bits per heavy atom. The summed E-state index contributed by atoms with van der Waals surface area (Å²) in [5.41, 5.74) is 1.92. The molecule has 0 bridgehead atoms. The zero-order chi connectivity index (χ0) is 15.6. The first-order valence-electron chi connectivity index (χ1n) is 7.78. The van der Waals surface area contributed by atoms with Crippen molar-refractivity contribution in [3.05, 3.63) is 55.0 Å². The van der Waals surface area contributed by atoms with E-state index in [4.69, 9.17) is 4.98 Å². The molecule has 4 heterocycles. The number of anilines is 1. The second kappa shape index (κ2) is 5.79. The van der Waals surface area contributed by atoms with Crippen LogP contribution in [0.1, 0.15) is 18.2 Å². The molecule has 3 aromatic heterocycles. The molecule has 1 saturated heterocycles. The third kappa shape index (κ3) is 2.79. The lowest BCUT2D eigenvalue weighted by molar-refractivity contribution is 0.551. The van der Waals surface area contributed by atoms with Gasteiger partial charge in [-0.1, -0.05) is 0 Å². The largest absolute Gasteiger partial charge is 0.354 e. The molecule has 1 atom stereocenters. The third-order valence-corrected chi connectivity index (χ3v) is 4.19. The number of nitrogens with zero attached hydrogens (tertiary/aromatic N) is 6. The van der Waals surface area contributed by atoms with Crippen LogP contribution in [0.2, 0.25) is 0 Å². The van der Waals surface area contributed by atoms with Crippen molar-refractivity contribution in [1.29, 1.82) is 0 Å². The van der Waals surface area contributed by atoms with Crippen molar-refractivity contribution in [2.75, 3.05) is 18.0 Å². The molecule has 116 valence electrons. The van der Waals surface area contributed by atoms with E-state index in [-0.39, 0.29) is 0 Å². The first kappa shape index (κ1) is 13.9. The van der Waals surface area contributed by atoms with E-state index < -0.39 is 0 Å². The lowest BCUT2D eigenvalue weighted by Crippen LogP contribution is -2.22. The molecule has 4 rings (SSSR count). The van der Waals surface area contributed by atoms with Gasteiger partial charge in [0.25, 0.3) is 0 Å². The SMILES string of the molecule is Cc1cc(N2CCC(n3ccnc3)C2)nc(-c2cccnc2)n1. The molecule has 6 nitrogen and oxygen atoms in total. The van der Waals surface area contributed by atoms with E-state index in [1.54, 1.807) is 12.4 Å². The summed E-state index contributed by atoms with van der Waals surface area (Å²) in [5.74, 6) is 1.72. The number of rotatable bonds is 3. The molecule has 1 fully saturated rings. The molecule has 6 heteroatoms. The summed E-state index contributed by atoms with van der Waals surface area (Å²) in [5, 5.41) is 0. The summed E-state index contributed by atoms with van der Waals surface area (Å²) >= 11 is 0. The van der Waals surface area contributed by atoms with Crippen molar-refractivity contribution in [1.82, 2.24) is 24.5 Å². The molecular formula is C17H18N6. The highest BCUT2D eigenvalue weighted by Crippen LogP contribution is 2.27. The van der Waals surface area contributed by atoms with E-state index >= 15 is 0 Å². The maximum atomic E-state index is 4.75. The molecule has 0 aliphatic carbocycles. The van der Waals surface area contributed by atoms with Gasteiger partial charge in [0, 0.05) is 55.2 Å². The summed E-state index contributed by atoms with van der Waals surface area (Å²) < 4.78 is 2.18. The Morgan fingerprint density at radius 2 is 2.13 bits per heavy atom. The third-order valence-electron chi connectivity index (χ3n) is 4.19. The smallest absolute Gasteiger partial charge is 0.163 e. The van der Waals surface area contributed by atoms with Gasteiger partial charge in [-0.2, -0.15) is 0 Å². The summed E-state index contributed by atoms with van der Waals surface area (Å²) in [6.07, 6.45) is 10.4. The number of aromatic nitrogens is 5. The number of hydrogen-bond donors (Lipinski definition) is 0. The van der Waals surface area contributed by atoms with Crippen LogP contribution in [0.5, 0.6) is 0 Å². The Hall–Kier alpha value is -2.76. The summed E-state index contributed by atoms with van der Waals surface area (Å²) in [4.78, 5) is 19.9. The number of imidazole rings is 1. The standard InChI is InChI=1S/C17H18N6/c1-13-9-16(21-17(20-13)14-3-2-5-18-10-14)22-7-4-15(11-22)23-8-6-19-12-23/h2-3,5-6,8-10,12,15H,4,7,11H2,1H3. The highest BCUT2D eigenvalue weighted by molar-refractivity contribution is 5.57. The fourth-order valence-electron chi connectivity index (χ4n) is 3.02. The van der Waals surface area contributed by atoms with E-state index in [9.17, 15) is 0 Å². The minimum absolute atomic E-state index is 0.453. The van der Waals surface area contributed by atoms with E-state index in [0.717, 1.165) is 42.4 Å². The summed E-state index contributed by atoms with van der Waals surface area (Å²) in [6, 6.07) is 6.40. The van der Waals surface area contributed by atoms with Crippen LogP contribution >= 0.6 is 0 Å². The van der Waals surface area contributed by atoms with Crippen LogP contribution in [0.15, 0.2) is 49.3 Å². The minimum atomic E-state index is 0.453. The minimum Gasteiger partial charge on any atom is -0.354 e. The van der Waals surface area contributed by atoms with Crippen LogP contribution in [0.4, 0.5) is 5.82 Å². The van der Waals surface area contributed by atoms with Crippen molar-refractivity contribution >= 4 is 5.82 Å². The first-order valence-corrected chi connectivity index (χ1v) is 7.78. The molecule has 0 saturated carbocycles. The van der Waals surface area contributed by atoms with Crippen molar-refractivity contribution in [2.24, 2.45) is 0 Å². The van der Waals surface area contributed by atoms with Crippen LogP contribution in [-0.2, 0) is 0 Å². The van der Waals surface area contributed by atoms with E-state index in [1.165, 1.54) is 0 Å². The number of hydrogen-bond acceptors (Lipinski definition) is 5. The van der Waals surface area contributed by atoms with E-state index in [1.807, 2.05) is 37.8 Å². The van der Waals surface area contributed by atoms with Gasteiger partial charge in [0.15, 0.2) is 5.82 Å². The molecule has 0 amide bonds.